The van der Waals surface area contributed by atoms with Crippen LogP contribution in [0.15, 0.2) is 29.3 Å². The van der Waals surface area contributed by atoms with Gasteiger partial charge in [-0.05, 0) is 31.5 Å². The maximum absolute atomic E-state index is 12.7. The summed E-state index contributed by atoms with van der Waals surface area (Å²) >= 11 is 1.55. The average molecular weight is 413 g/mol. The molecule has 0 atom stereocenters. The lowest BCUT2D eigenvalue weighted by Gasteiger charge is -2.12. The van der Waals surface area contributed by atoms with E-state index in [0.29, 0.717) is 22.8 Å². The zero-order chi connectivity index (χ0) is 20.7. The molecule has 1 amide bonds. The number of fused-ring (bicyclic) bond motifs is 3. The molecule has 0 radical (unpaired) electrons. The Morgan fingerprint density at radius 1 is 1.24 bits per heavy atom. The van der Waals surface area contributed by atoms with Crippen LogP contribution in [0.3, 0.4) is 0 Å². The molecular formula is C19H19N5O4S. The van der Waals surface area contributed by atoms with Crippen molar-refractivity contribution in [3.8, 4) is 11.5 Å². The fourth-order valence-electron chi connectivity index (χ4n) is 3.15. The first kappa shape index (κ1) is 18.9. The topological polar surface area (TPSA) is 99.8 Å². The van der Waals surface area contributed by atoms with Crippen molar-refractivity contribution in [1.82, 2.24) is 19.2 Å². The smallest absolute Gasteiger partial charge is 0.365 e. The molecule has 0 saturated carbocycles. The molecule has 29 heavy (non-hydrogen) atoms. The highest BCUT2D eigenvalue weighted by atomic mass is 32.1. The van der Waals surface area contributed by atoms with Crippen LogP contribution < -0.4 is 20.5 Å². The van der Waals surface area contributed by atoms with E-state index in [0.717, 1.165) is 20.7 Å². The molecule has 0 unspecified atom stereocenters. The summed E-state index contributed by atoms with van der Waals surface area (Å²) in [4.78, 5) is 35.6. The van der Waals surface area contributed by atoms with Gasteiger partial charge in [0.25, 0.3) is 0 Å². The average Bonchev–Trinajstić information content (AvgIpc) is 3.17. The molecule has 0 aliphatic carbocycles. The first-order valence-electron chi connectivity index (χ1n) is 8.78. The van der Waals surface area contributed by atoms with Crippen molar-refractivity contribution in [2.75, 3.05) is 19.5 Å². The third-order valence-corrected chi connectivity index (χ3v) is 5.86. The summed E-state index contributed by atoms with van der Waals surface area (Å²) in [6.07, 6.45) is 1.51. The molecule has 4 rings (SSSR count). The zero-order valence-corrected chi connectivity index (χ0v) is 17.2. The number of ether oxygens (including phenoxy) is 2. The molecule has 3 aromatic heterocycles. The Morgan fingerprint density at radius 2 is 2.03 bits per heavy atom. The summed E-state index contributed by atoms with van der Waals surface area (Å²) in [5.41, 5.74) is 1.46. The quantitative estimate of drug-likeness (QED) is 0.539. The molecule has 0 bridgehead atoms. The van der Waals surface area contributed by atoms with Gasteiger partial charge in [0.05, 0.1) is 25.3 Å². The second-order valence-electron chi connectivity index (χ2n) is 6.44. The minimum absolute atomic E-state index is 0.226. The van der Waals surface area contributed by atoms with Gasteiger partial charge in [-0.3, -0.25) is 4.79 Å². The Kier molecular flexibility index (Phi) is 4.71. The van der Waals surface area contributed by atoms with Crippen LogP contribution in [0.5, 0.6) is 11.5 Å². The molecule has 3 heterocycles. The van der Waals surface area contributed by atoms with Crippen LogP contribution in [-0.2, 0) is 11.3 Å². The molecule has 150 valence electrons. The normalized spacial score (nSPS) is 11.2. The number of hydrogen-bond donors (Lipinski definition) is 1. The van der Waals surface area contributed by atoms with Crippen molar-refractivity contribution in [2.24, 2.45) is 0 Å². The number of nitrogens with one attached hydrogen (secondary N) is 1. The Morgan fingerprint density at radius 3 is 2.76 bits per heavy atom. The minimum Gasteiger partial charge on any atom is -0.497 e. The Bertz CT molecular complexity index is 1300. The van der Waals surface area contributed by atoms with Crippen molar-refractivity contribution in [2.45, 2.75) is 20.4 Å². The largest absolute Gasteiger partial charge is 0.497 e. The van der Waals surface area contributed by atoms with Crippen LogP contribution in [0.2, 0.25) is 0 Å². The third kappa shape index (κ3) is 3.21. The number of hydrogen-bond acceptors (Lipinski definition) is 7. The summed E-state index contributed by atoms with van der Waals surface area (Å²) < 4.78 is 13.2. The predicted octanol–water partition coefficient (Wildman–Crippen LogP) is 2.38. The number of aryl methyl sites for hydroxylation is 2. The lowest BCUT2D eigenvalue weighted by atomic mass is 10.2. The van der Waals surface area contributed by atoms with Crippen LogP contribution in [0.25, 0.3) is 15.9 Å². The maximum Gasteiger partial charge on any atom is 0.365 e. The number of benzene rings is 1. The molecule has 9 nitrogen and oxygen atoms in total. The SMILES string of the molecule is COc1ccc(OC)c(NC(=O)Cn2c(=O)nc3c4c(C)c(C)sc4ncn32)c1. The fraction of sp³-hybridized carbons (Fsp3) is 0.263. The van der Waals surface area contributed by atoms with Crippen molar-refractivity contribution in [3.05, 3.63) is 45.5 Å². The number of rotatable bonds is 5. The minimum atomic E-state index is -0.518. The molecule has 0 aliphatic heterocycles. The molecule has 1 N–H and O–H groups in total. The Balaban J connectivity index is 1.70. The predicted molar refractivity (Wildman–Crippen MR) is 110 cm³/mol. The molecule has 0 saturated heterocycles. The zero-order valence-electron chi connectivity index (χ0n) is 16.3. The van der Waals surface area contributed by atoms with Gasteiger partial charge in [0, 0.05) is 10.9 Å². The number of amides is 1. The Hall–Kier alpha value is -3.40. The van der Waals surface area contributed by atoms with Gasteiger partial charge in [-0.25, -0.2) is 19.0 Å². The van der Waals surface area contributed by atoms with E-state index in [4.69, 9.17) is 9.47 Å². The van der Waals surface area contributed by atoms with E-state index < -0.39 is 11.6 Å². The lowest BCUT2D eigenvalue weighted by molar-refractivity contribution is -0.117. The van der Waals surface area contributed by atoms with Crippen LogP contribution in [0.4, 0.5) is 5.69 Å². The molecule has 1 aromatic carbocycles. The molecular weight excluding hydrogens is 394 g/mol. The molecule has 4 aromatic rings. The number of carbonyl (C=O) groups excluding carboxylic acids is 1. The van der Waals surface area contributed by atoms with Gasteiger partial charge in [-0.1, -0.05) is 0 Å². The maximum atomic E-state index is 12.7. The van der Waals surface area contributed by atoms with E-state index in [-0.39, 0.29) is 6.54 Å². The first-order valence-corrected chi connectivity index (χ1v) is 9.60. The highest BCUT2D eigenvalue weighted by molar-refractivity contribution is 7.18. The van der Waals surface area contributed by atoms with Crippen molar-refractivity contribution >= 4 is 38.8 Å². The van der Waals surface area contributed by atoms with Gasteiger partial charge < -0.3 is 14.8 Å². The first-order chi connectivity index (χ1) is 13.9. The summed E-state index contributed by atoms with van der Waals surface area (Å²) in [6.45, 7) is 3.75. The highest BCUT2D eigenvalue weighted by Gasteiger charge is 2.18. The second kappa shape index (κ2) is 7.21. The number of methoxy groups -OCH3 is 2. The van der Waals surface area contributed by atoms with Crippen LogP contribution >= 0.6 is 11.3 Å². The molecule has 0 fully saturated rings. The van der Waals surface area contributed by atoms with E-state index in [1.54, 1.807) is 29.5 Å². The third-order valence-electron chi connectivity index (χ3n) is 4.75. The van der Waals surface area contributed by atoms with Gasteiger partial charge in [0.1, 0.15) is 29.2 Å². The van der Waals surface area contributed by atoms with Crippen molar-refractivity contribution < 1.29 is 14.3 Å². The highest BCUT2D eigenvalue weighted by Crippen LogP contribution is 2.31. The van der Waals surface area contributed by atoms with Gasteiger partial charge in [0.15, 0.2) is 5.65 Å². The lowest BCUT2D eigenvalue weighted by Crippen LogP contribution is -2.28. The van der Waals surface area contributed by atoms with E-state index in [1.807, 2.05) is 13.8 Å². The van der Waals surface area contributed by atoms with E-state index in [1.165, 1.54) is 29.7 Å². The Labute approximate surface area is 169 Å². The van der Waals surface area contributed by atoms with E-state index in [9.17, 15) is 9.59 Å². The standard InChI is InChI=1S/C19H19N5O4S/c1-10-11(2)29-18-16(10)17-22-19(26)23(24(17)9-20-18)8-15(25)21-13-7-12(27-3)5-6-14(13)28-4/h5-7,9H,8H2,1-4H3,(H,21,25). The van der Waals surface area contributed by atoms with Crippen molar-refractivity contribution in [3.63, 3.8) is 0 Å². The van der Waals surface area contributed by atoms with Crippen LogP contribution in [-0.4, -0.2) is 39.3 Å². The number of thiophene rings is 1. The van der Waals surface area contributed by atoms with Gasteiger partial charge in [-0.15, -0.1) is 11.3 Å². The monoisotopic (exact) mass is 413 g/mol. The molecule has 0 spiro atoms. The van der Waals surface area contributed by atoms with Crippen molar-refractivity contribution in [1.29, 1.82) is 0 Å². The van der Waals surface area contributed by atoms with E-state index in [2.05, 4.69) is 15.3 Å². The van der Waals surface area contributed by atoms with Gasteiger partial charge in [-0.2, -0.15) is 4.98 Å². The summed E-state index contributed by atoms with van der Waals surface area (Å²) in [7, 11) is 3.04. The summed E-state index contributed by atoms with van der Waals surface area (Å²) in [5.74, 6) is 0.652. The van der Waals surface area contributed by atoms with Gasteiger partial charge in [0.2, 0.25) is 5.91 Å². The second-order valence-corrected chi connectivity index (χ2v) is 7.65. The van der Waals surface area contributed by atoms with Crippen LogP contribution in [0.1, 0.15) is 10.4 Å². The number of nitrogens with zero attached hydrogens (tertiary/aromatic N) is 4. The summed E-state index contributed by atoms with van der Waals surface area (Å²) in [6, 6.07) is 5.07. The molecule has 10 heteroatoms. The fourth-order valence-corrected chi connectivity index (χ4v) is 4.14. The number of carbonyl (C=O) groups is 1. The van der Waals surface area contributed by atoms with E-state index >= 15 is 0 Å². The molecule has 0 aliphatic rings. The van der Waals surface area contributed by atoms with Crippen LogP contribution in [0, 0.1) is 13.8 Å². The number of anilines is 1. The summed E-state index contributed by atoms with van der Waals surface area (Å²) in [5, 5.41) is 3.59. The van der Waals surface area contributed by atoms with Gasteiger partial charge >= 0.3 is 5.69 Å². The number of aromatic nitrogens is 4.